The summed E-state index contributed by atoms with van der Waals surface area (Å²) < 4.78 is 17.6. The number of ether oxygens (including phenoxy) is 1. The van der Waals surface area contributed by atoms with Crippen LogP contribution in [0.4, 0.5) is 0 Å². The van der Waals surface area contributed by atoms with Gasteiger partial charge in [0.05, 0.1) is 17.9 Å². The van der Waals surface area contributed by atoms with Gasteiger partial charge in [0, 0.05) is 29.0 Å². The maximum Gasteiger partial charge on any atom is 0.331 e. The normalized spacial score (nSPS) is 12.9. The molecule has 25 heavy (non-hydrogen) atoms. The van der Waals surface area contributed by atoms with Crippen LogP contribution in [0.5, 0.6) is 0 Å². The molecule has 0 saturated carbocycles. The molecular formula is C20H23NO3S. The molecule has 0 fully saturated rings. The number of aryl methyl sites for hydroxylation is 1. The molecule has 2 rings (SSSR count). The highest BCUT2D eigenvalue weighted by Crippen LogP contribution is 2.17. The lowest BCUT2D eigenvalue weighted by atomic mass is 10.2. The summed E-state index contributed by atoms with van der Waals surface area (Å²) in [5.41, 5.74) is 2.25. The lowest BCUT2D eigenvalue weighted by Gasteiger charge is -2.18. The number of likely N-dealkylation sites (N-methyl/N-ethyl adjacent to an activating group) is 1. The Balaban J connectivity index is 2.18. The van der Waals surface area contributed by atoms with Crippen molar-refractivity contribution in [1.82, 2.24) is 4.90 Å². The third-order valence-corrected chi connectivity index (χ3v) is 5.10. The number of hydrogen-bond donors (Lipinski definition) is 0. The van der Waals surface area contributed by atoms with E-state index in [4.69, 9.17) is 4.74 Å². The molecule has 0 aliphatic carbocycles. The van der Waals surface area contributed by atoms with E-state index in [1.54, 1.807) is 0 Å². The van der Waals surface area contributed by atoms with E-state index in [1.807, 2.05) is 73.5 Å². The quantitative estimate of drug-likeness (QED) is 0.563. The van der Waals surface area contributed by atoms with Crippen LogP contribution < -0.4 is 0 Å². The van der Waals surface area contributed by atoms with Crippen LogP contribution in [0.25, 0.3) is 0 Å². The second-order valence-electron chi connectivity index (χ2n) is 5.87. The van der Waals surface area contributed by atoms with E-state index in [1.165, 1.54) is 13.2 Å². The summed E-state index contributed by atoms with van der Waals surface area (Å²) in [4.78, 5) is 14.9. The Morgan fingerprint density at radius 3 is 2.36 bits per heavy atom. The van der Waals surface area contributed by atoms with E-state index in [0.717, 1.165) is 11.1 Å². The van der Waals surface area contributed by atoms with Gasteiger partial charge in [0.15, 0.2) is 0 Å². The number of nitrogens with zero attached hydrogens (tertiary/aromatic N) is 1. The maximum atomic E-state index is 12.9. The topological polar surface area (TPSA) is 46.6 Å². The number of benzene rings is 2. The van der Waals surface area contributed by atoms with Gasteiger partial charge < -0.3 is 4.74 Å². The molecule has 0 aliphatic heterocycles. The smallest absolute Gasteiger partial charge is 0.331 e. The number of carbonyl (C=O) groups is 1. The van der Waals surface area contributed by atoms with Crippen LogP contribution in [0.3, 0.4) is 0 Å². The van der Waals surface area contributed by atoms with Crippen molar-refractivity contribution in [3.8, 4) is 0 Å². The van der Waals surface area contributed by atoms with Gasteiger partial charge in [0.25, 0.3) is 0 Å². The molecule has 0 saturated heterocycles. The predicted octanol–water partition coefficient (Wildman–Crippen LogP) is 3.29. The van der Waals surface area contributed by atoms with Crippen LogP contribution in [0.1, 0.15) is 11.1 Å². The van der Waals surface area contributed by atoms with Gasteiger partial charge in [0.2, 0.25) is 0 Å². The number of methoxy groups -OCH3 is 1. The van der Waals surface area contributed by atoms with Gasteiger partial charge in [-0.25, -0.2) is 9.00 Å². The van der Waals surface area contributed by atoms with Gasteiger partial charge in [0.1, 0.15) is 0 Å². The molecule has 0 heterocycles. The van der Waals surface area contributed by atoms with Crippen LogP contribution in [-0.2, 0) is 26.9 Å². The lowest BCUT2D eigenvalue weighted by Crippen LogP contribution is -2.23. The Kier molecular flexibility index (Phi) is 7.10. The Morgan fingerprint density at radius 1 is 1.12 bits per heavy atom. The fraction of sp³-hybridized carbons (Fsp3) is 0.250. The van der Waals surface area contributed by atoms with Gasteiger partial charge >= 0.3 is 5.97 Å². The molecule has 0 radical (unpaired) electrons. The molecule has 2 aromatic rings. The molecule has 0 aromatic heterocycles. The fourth-order valence-electron chi connectivity index (χ4n) is 2.38. The molecule has 0 bridgehead atoms. The molecule has 0 aliphatic rings. The highest BCUT2D eigenvalue weighted by atomic mass is 32.2. The minimum Gasteiger partial charge on any atom is -0.466 e. The summed E-state index contributed by atoms with van der Waals surface area (Å²) in [6.45, 7) is 3.08. The van der Waals surface area contributed by atoms with E-state index in [2.05, 4.69) is 0 Å². The van der Waals surface area contributed by atoms with Crippen molar-refractivity contribution >= 4 is 16.8 Å². The summed E-state index contributed by atoms with van der Waals surface area (Å²) >= 11 is 0. The largest absolute Gasteiger partial charge is 0.466 e. The standard InChI is InChI=1S/C20H23NO3S/c1-16-9-11-18(12-10-16)25(23)19(13-20(22)24-3)15-21(2)14-17-7-5-4-6-8-17/h4-13H,14-15H2,1-3H3/b19-13+. The Morgan fingerprint density at radius 2 is 1.76 bits per heavy atom. The molecule has 0 N–H and O–H groups in total. The lowest BCUT2D eigenvalue weighted by molar-refractivity contribution is -0.134. The van der Waals surface area contributed by atoms with Gasteiger partial charge in [-0.1, -0.05) is 48.0 Å². The van der Waals surface area contributed by atoms with Crippen molar-refractivity contribution in [2.75, 3.05) is 20.7 Å². The van der Waals surface area contributed by atoms with Gasteiger partial charge in [-0.3, -0.25) is 4.90 Å². The van der Waals surface area contributed by atoms with Crippen LogP contribution in [0.15, 0.2) is 70.5 Å². The third-order valence-electron chi connectivity index (χ3n) is 3.67. The van der Waals surface area contributed by atoms with E-state index in [-0.39, 0.29) is 0 Å². The summed E-state index contributed by atoms with van der Waals surface area (Å²) in [5.74, 6) is -0.497. The number of carbonyl (C=O) groups excluding carboxylic acids is 1. The first-order chi connectivity index (χ1) is 12.0. The Labute approximate surface area is 151 Å². The van der Waals surface area contributed by atoms with Crippen LogP contribution in [0.2, 0.25) is 0 Å². The second kappa shape index (κ2) is 9.30. The van der Waals surface area contributed by atoms with Crippen molar-refractivity contribution in [1.29, 1.82) is 0 Å². The molecule has 4 nitrogen and oxygen atoms in total. The molecule has 0 amide bonds. The van der Waals surface area contributed by atoms with Crippen LogP contribution in [0, 0.1) is 6.92 Å². The SMILES string of the molecule is COC(=O)/C=C(\CN(C)Cc1ccccc1)S(=O)c1ccc(C)cc1. The molecule has 0 spiro atoms. The monoisotopic (exact) mass is 357 g/mol. The fourth-order valence-corrected chi connectivity index (χ4v) is 3.61. The Bertz CT molecular complexity index is 754. The van der Waals surface area contributed by atoms with Crippen LogP contribution in [-0.4, -0.2) is 35.8 Å². The zero-order chi connectivity index (χ0) is 18.2. The second-order valence-corrected chi connectivity index (χ2v) is 7.41. The molecule has 132 valence electrons. The van der Waals surface area contributed by atoms with Crippen molar-refractivity contribution in [2.45, 2.75) is 18.4 Å². The van der Waals surface area contributed by atoms with E-state index < -0.39 is 16.8 Å². The van der Waals surface area contributed by atoms with Gasteiger partial charge in [-0.05, 0) is 31.7 Å². The molecule has 5 heteroatoms. The Hall–Kier alpha value is -2.24. The van der Waals surface area contributed by atoms with Crippen molar-refractivity contribution in [3.05, 3.63) is 76.7 Å². The summed E-state index contributed by atoms with van der Waals surface area (Å²) in [7, 11) is 1.84. The predicted molar refractivity (Wildman–Crippen MR) is 100 cm³/mol. The van der Waals surface area contributed by atoms with Crippen molar-refractivity contribution in [2.24, 2.45) is 0 Å². The minimum absolute atomic E-state index is 0.407. The zero-order valence-corrected chi connectivity index (χ0v) is 15.6. The number of hydrogen-bond acceptors (Lipinski definition) is 4. The minimum atomic E-state index is -1.41. The van der Waals surface area contributed by atoms with E-state index >= 15 is 0 Å². The van der Waals surface area contributed by atoms with Crippen LogP contribution >= 0.6 is 0 Å². The third kappa shape index (κ3) is 5.96. The molecule has 2 aromatic carbocycles. The summed E-state index contributed by atoms with van der Waals surface area (Å²) in [6, 6.07) is 17.5. The van der Waals surface area contributed by atoms with E-state index in [0.29, 0.717) is 22.9 Å². The highest BCUT2D eigenvalue weighted by molar-refractivity contribution is 7.89. The first-order valence-electron chi connectivity index (χ1n) is 7.99. The summed E-state index contributed by atoms with van der Waals surface area (Å²) in [5, 5.41) is 0. The molecule has 1 atom stereocenters. The van der Waals surface area contributed by atoms with Gasteiger partial charge in [-0.2, -0.15) is 0 Å². The number of esters is 1. The average Bonchev–Trinajstić information content (AvgIpc) is 2.62. The highest BCUT2D eigenvalue weighted by Gasteiger charge is 2.15. The number of rotatable bonds is 7. The van der Waals surface area contributed by atoms with E-state index in [9.17, 15) is 9.00 Å². The summed E-state index contributed by atoms with van der Waals surface area (Å²) in [6.07, 6.45) is 1.33. The van der Waals surface area contributed by atoms with Gasteiger partial charge in [-0.15, -0.1) is 0 Å². The maximum absolute atomic E-state index is 12.9. The van der Waals surface area contributed by atoms with Crippen molar-refractivity contribution < 1.29 is 13.7 Å². The molecular weight excluding hydrogens is 334 g/mol. The van der Waals surface area contributed by atoms with Crippen molar-refractivity contribution in [3.63, 3.8) is 0 Å². The first kappa shape index (κ1) is 19.1. The zero-order valence-electron chi connectivity index (χ0n) is 14.8. The first-order valence-corrected chi connectivity index (χ1v) is 9.14. The average molecular weight is 357 g/mol. The molecule has 1 unspecified atom stereocenters.